The molecule has 23 heavy (non-hydrogen) atoms. The van der Waals surface area contributed by atoms with Crippen LogP contribution in [0.3, 0.4) is 0 Å². The largest absolute Gasteiger partial charge is 0.452 e. The lowest BCUT2D eigenvalue weighted by Crippen LogP contribution is -2.35. The fourth-order valence-corrected chi connectivity index (χ4v) is 2.57. The van der Waals surface area contributed by atoms with E-state index in [0.29, 0.717) is 6.54 Å². The van der Waals surface area contributed by atoms with Crippen LogP contribution in [-0.2, 0) is 20.9 Å². The SMILES string of the molecule is C[C@H](OC(=O)CSc1ccccc1)C(=O)NCc1ccccc1. The van der Waals surface area contributed by atoms with Gasteiger partial charge in [0, 0.05) is 11.4 Å². The highest BCUT2D eigenvalue weighted by Gasteiger charge is 2.17. The number of benzene rings is 2. The Morgan fingerprint density at radius 2 is 1.65 bits per heavy atom. The predicted octanol–water partition coefficient (Wildman–Crippen LogP) is 3.03. The number of ether oxygens (including phenoxy) is 1. The zero-order valence-electron chi connectivity index (χ0n) is 12.9. The molecule has 1 N–H and O–H groups in total. The third-order valence-electron chi connectivity index (χ3n) is 3.09. The van der Waals surface area contributed by atoms with Crippen LogP contribution in [0.15, 0.2) is 65.6 Å². The maximum atomic E-state index is 11.9. The Balaban J connectivity index is 1.71. The minimum absolute atomic E-state index is 0.181. The lowest BCUT2D eigenvalue weighted by molar-refractivity contribution is -0.152. The summed E-state index contributed by atoms with van der Waals surface area (Å²) in [7, 11) is 0. The summed E-state index contributed by atoms with van der Waals surface area (Å²) in [5.74, 6) is -0.520. The third kappa shape index (κ3) is 6.16. The number of esters is 1. The van der Waals surface area contributed by atoms with Gasteiger partial charge in [0.25, 0.3) is 5.91 Å². The molecule has 2 aromatic rings. The van der Waals surface area contributed by atoms with E-state index in [-0.39, 0.29) is 11.7 Å². The van der Waals surface area contributed by atoms with Crippen molar-refractivity contribution in [2.45, 2.75) is 24.5 Å². The van der Waals surface area contributed by atoms with Crippen molar-refractivity contribution >= 4 is 23.6 Å². The number of nitrogens with one attached hydrogen (secondary N) is 1. The van der Waals surface area contributed by atoms with Crippen LogP contribution in [-0.4, -0.2) is 23.7 Å². The molecule has 0 aliphatic rings. The first-order valence-corrected chi connectivity index (χ1v) is 8.32. The van der Waals surface area contributed by atoms with Crippen LogP contribution in [0.2, 0.25) is 0 Å². The molecule has 0 aliphatic carbocycles. The first kappa shape index (κ1) is 17.1. The van der Waals surface area contributed by atoms with Crippen LogP contribution in [0.25, 0.3) is 0 Å². The molecule has 0 unspecified atom stereocenters. The monoisotopic (exact) mass is 329 g/mol. The average Bonchev–Trinajstić information content (AvgIpc) is 2.59. The van der Waals surface area contributed by atoms with Gasteiger partial charge in [-0.2, -0.15) is 0 Å². The van der Waals surface area contributed by atoms with Crippen LogP contribution in [0.4, 0.5) is 0 Å². The molecule has 0 heterocycles. The second kappa shape index (κ2) is 9.00. The molecule has 0 aliphatic heterocycles. The van der Waals surface area contributed by atoms with E-state index in [0.717, 1.165) is 10.5 Å². The fourth-order valence-electron chi connectivity index (χ4n) is 1.87. The van der Waals surface area contributed by atoms with Gasteiger partial charge in [-0.1, -0.05) is 48.5 Å². The molecule has 120 valence electrons. The molecule has 0 saturated heterocycles. The summed E-state index contributed by atoms with van der Waals surface area (Å²) in [5.41, 5.74) is 0.999. The van der Waals surface area contributed by atoms with Crippen molar-refractivity contribution in [2.75, 3.05) is 5.75 Å². The van der Waals surface area contributed by atoms with Gasteiger partial charge in [-0.15, -0.1) is 11.8 Å². The maximum Gasteiger partial charge on any atom is 0.317 e. The van der Waals surface area contributed by atoms with Gasteiger partial charge in [-0.05, 0) is 24.6 Å². The lowest BCUT2D eigenvalue weighted by atomic mass is 10.2. The normalized spacial score (nSPS) is 11.5. The Bertz CT molecular complexity index is 631. The summed E-state index contributed by atoms with van der Waals surface area (Å²) < 4.78 is 5.15. The summed E-state index contributed by atoms with van der Waals surface area (Å²) in [4.78, 5) is 24.7. The molecule has 2 rings (SSSR count). The average molecular weight is 329 g/mol. The van der Waals surface area contributed by atoms with E-state index in [1.54, 1.807) is 6.92 Å². The summed E-state index contributed by atoms with van der Waals surface area (Å²) >= 11 is 1.39. The number of carbonyl (C=O) groups excluding carboxylic acids is 2. The molecule has 1 amide bonds. The molecule has 1 atom stereocenters. The Morgan fingerprint density at radius 1 is 1.04 bits per heavy atom. The minimum Gasteiger partial charge on any atom is -0.452 e. The van der Waals surface area contributed by atoms with E-state index in [4.69, 9.17) is 4.74 Å². The molecule has 0 spiro atoms. The van der Waals surface area contributed by atoms with Crippen molar-refractivity contribution in [3.8, 4) is 0 Å². The highest BCUT2D eigenvalue weighted by atomic mass is 32.2. The van der Waals surface area contributed by atoms with Gasteiger partial charge >= 0.3 is 5.97 Å². The van der Waals surface area contributed by atoms with E-state index >= 15 is 0 Å². The van der Waals surface area contributed by atoms with Crippen LogP contribution in [0, 0.1) is 0 Å². The van der Waals surface area contributed by atoms with E-state index in [9.17, 15) is 9.59 Å². The van der Waals surface area contributed by atoms with Gasteiger partial charge in [0.2, 0.25) is 0 Å². The highest BCUT2D eigenvalue weighted by Crippen LogP contribution is 2.17. The molecule has 0 radical (unpaired) electrons. The van der Waals surface area contributed by atoms with Crippen molar-refractivity contribution in [3.05, 3.63) is 66.2 Å². The van der Waals surface area contributed by atoms with Crippen LogP contribution >= 0.6 is 11.8 Å². The molecule has 0 bridgehead atoms. The van der Waals surface area contributed by atoms with Crippen molar-refractivity contribution in [1.29, 1.82) is 0 Å². The first-order chi connectivity index (χ1) is 11.1. The summed E-state index contributed by atoms with van der Waals surface area (Å²) in [5, 5.41) is 2.75. The van der Waals surface area contributed by atoms with Gasteiger partial charge in [-0.3, -0.25) is 9.59 Å². The zero-order valence-corrected chi connectivity index (χ0v) is 13.7. The summed E-state index contributed by atoms with van der Waals surface area (Å²) in [6.07, 6.45) is -0.803. The topological polar surface area (TPSA) is 55.4 Å². The molecule has 4 nitrogen and oxygen atoms in total. The number of rotatable bonds is 7. The van der Waals surface area contributed by atoms with Crippen LogP contribution in [0.5, 0.6) is 0 Å². The molecule has 0 fully saturated rings. The first-order valence-electron chi connectivity index (χ1n) is 7.34. The maximum absolute atomic E-state index is 11.9. The lowest BCUT2D eigenvalue weighted by Gasteiger charge is -2.13. The van der Waals surface area contributed by atoms with Crippen LogP contribution < -0.4 is 5.32 Å². The quantitative estimate of drug-likeness (QED) is 0.627. The second-order valence-corrected chi connectivity index (χ2v) is 5.99. The summed E-state index contributed by atoms with van der Waals surface area (Å²) in [6.45, 7) is 1.99. The van der Waals surface area contributed by atoms with Crippen LogP contribution in [0.1, 0.15) is 12.5 Å². The van der Waals surface area contributed by atoms with E-state index < -0.39 is 12.1 Å². The van der Waals surface area contributed by atoms with Crippen molar-refractivity contribution in [2.24, 2.45) is 0 Å². The fraction of sp³-hybridized carbons (Fsp3) is 0.222. The minimum atomic E-state index is -0.803. The van der Waals surface area contributed by atoms with E-state index in [1.165, 1.54) is 11.8 Å². The molecular formula is C18H19NO3S. The molecule has 0 aromatic heterocycles. The molecule has 5 heteroatoms. The molecule has 2 aromatic carbocycles. The standard InChI is InChI=1S/C18H19NO3S/c1-14(18(21)19-12-15-8-4-2-5-9-15)22-17(20)13-23-16-10-6-3-7-11-16/h2-11,14H,12-13H2,1H3,(H,19,21)/t14-/m0/s1. The smallest absolute Gasteiger partial charge is 0.317 e. The van der Waals surface area contributed by atoms with Gasteiger partial charge in [0.15, 0.2) is 6.10 Å². The van der Waals surface area contributed by atoms with Gasteiger partial charge < -0.3 is 10.1 Å². The zero-order chi connectivity index (χ0) is 16.5. The van der Waals surface area contributed by atoms with Gasteiger partial charge in [0.1, 0.15) is 0 Å². The highest BCUT2D eigenvalue weighted by molar-refractivity contribution is 8.00. The summed E-state index contributed by atoms with van der Waals surface area (Å²) in [6, 6.07) is 19.2. The number of carbonyl (C=O) groups is 2. The number of hydrogen-bond acceptors (Lipinski definition) is 4. The van der Waals surface area contributed by atoms with Gasteiger partial charge in [-0.25, -0.2) is 0 Å². The van der Waals surface area contributed by atoms with E-state index in [2.05, 4.69) is 5.32 Å². The molecule has 0 saturated carbocycles. The van der Waals surface area contributed by atoms with Crippen molar-refractivity contribution < 1.29 is 14.3 Å². The predicted molar refractivity (Wildman–Crippen MR) is 91.0 cm³/mol. The van der Waals surface area contributed by atoms with Crippen molar-refractivity contribution in [3.63, 3.8) is 0 Å². The Hall–Kier alpha value is -2.27. The Morgan fingerprint density at radius 3 is 2.30 bits per heavy atom. The second-order valence-electron chi connectivity index (χ2n) is 4.94. The van der Waals surface area contributed by atoms with E-state index in [1.807, 2.05) is 60.7 Å². The third-order valence-corrected chi connectivity index (χ3v) is 4.07. The van der Waals surface area contributed by atoms with Crippen molar-refractivity contribution in [1.82, 2.24) is 5.32 Å². The Labute approximate surface area is 140 Å². The number of thioether (sulfide) groups is 1. The molecular weight excluding hydrogens is 310 g/mol. The Kier molecular flexibility index (Phi) is 6.69. The van der Waals surface area contributed by atoms with Gasteiger partial charge in [0.05, 0.1) is 5.75 Å². The number of amides is 1. The number of hydrogen-bond donors (Lipinski definition) is 1.